The Morgan fingerprint density at radius 3 is 2.08 bits per heavy atom. The van der Waals surface area contributed by atoms with Gasteiger partial charge in [0.2, 0.25) is 9.08 Å². The monoisotopic (exact) mass is 278 g/mol. The van der Waals surface area contributed by atoms with E-state index < -0.39 is 3.79 Å². The van der Waals surface area contributed by atoms with Crippen LogP contribution < -0.4 is 0 Å². The van der Waals surface area contributed by atoms with Crippen LogP contribution >= 0.6 is 58.0 Å². The van der Waals surface area contributed by atoms with E-state index in [-0.39, 0.29) is 16.1 Å². The highest BCUT2D eigenvalue weighted by atomic mass is 35.6. The first-order valence-electron chi connectivity index (χ1n) is 3.09. The SMILES string of the molecule is Cc1c(Cl)nc(Cl)nc1C(Cl)(Cl)Cl. The summed E-state index contributed by atoms with van der Waals surface area (Å²) in [5.41, 5.74) is 0.702. The molecule has 1 aromatic rings. The lowest BCUT2D eigenvalue weighted by Gasteiger charge is -2.13. The maximum Gasteiger partial charge on any atom is 0.233 e. The lowest BCUT2D eigenvalue weighted by atomic mass is 10.3. The quantitative estimate of drug-likeness (QED) is 0.409. The second-order valence-electron chi connectivity index (χ2n) is 2.25. The largest absolute Gasteiger partial charge is 0.233 e. The Balaban J connectivity index is 3.37. The molecular formula is C6H3Cl5N2. The van der Waals surface area contributed by atoms with Gasteiger partial charge < -0.3 is 0 Å². The number of halogens is 5. The maximum atomic E-state index is 5.71. The minimum absolute atomic E-state index is 0.0445. The Labute approximate surface area is 100 Å². The van der Waals surface area contributed by atoms with E-state index in [1.54, 1.807) is 6.92 Å². The molecule has 1 aromatic heterocycles. The Morgan fingerprint density at radius 1 is 1.08 bits per heavy atom. The van der Waals surface area contributed by atoms with E-state index in [4.69, 9.17) is 58.0 Å². The molecule has 0 radical (unpaired) electrons. The van der Waals surface area contributed by atoms with Crippen LogP contribution in [-0.4, -0.2) is 9.97 Å². The van der Waals surface area contributed by atoms with Crippen molar-refractivity contribution in [3.63, 3.8) is 0 Å². The second-order valence-corrected chi connectivity index (χ2v) is 5.23. The average Bonchev–Trinajstić information content (AvgIpc) is 1.94. The average molecular weight is 280 g/mol. The number of aromatic nitrogens is 2. The first-order valence-corrected chi connectivity index (χ1v) is 4.98. The lowest BCUT2D eigenvalue weighted by Crippen LogP contribution is -2.08. The fourth-order valence-electron chi connectivity index (χ4n) is 0.740. The molecule has 0 aliphatic heterocycles. The molecule has 0 aromatic carbocycles. The molecule has 7 heteroatoms. The third-order valence-corrected chi connectivity index (χ3v) is 2.40. The molecule has 0 amide bonds. The molecule has 0 saturated carbocycles. The molecule has 0 spiro atoms. The van der Waals surface area contributed by atoms with Crippen LogP contribution in [0.1, 0.15) is 11.3 Å². The van der Waals surface area contributed by atoms with Crippen molar-refractivity contribution in [3.8, 4) is 0 Å². The molecule has 0 bridgehead atoms. The van der Waals surface area contributed by atoms with E-state index in [9.17, 15) is 0 Å². The van der Waals surface area contributed by atoms with Gasteiger partial charge in [-0.1, -0.05) is 46.4 Å². The van der Waals surface area contributed by atoms with Crippen LogP contribution in [0.2, 0.25) is 10.4 Å². The Hall–Kier alpha value is 0.530. The normalized spacial score (nSPS) is 11.8. The first kappa shape index (κ1) is 11.6. The molecule has 0 N–H and O–H groups in total. The molecule has 1 heterocycles. The second kappa shape index (κ2) is 3.95. The summed E-state index contributed by atoms with van der Waals surface area (Å²) in [6.07, 6.45) is 0. The van der Waals surface area contributed by atoms with Gasteiger partial charge in [0.05, 0.1) is 0 Å². The standard InChI is InChI=1S/C6H3Cl5N2/c1-2-3(6(9,10)11)12-5(8)13-4(2)7/h1H3. The number of hydrogen-bond donors (Lipinski definition) is 0. The van der Waals surface area contributed by atoms with Crippen molar-refractivity contribution in [2.24, 2.45) is 0 Å². The van der Waals surface area contributed by atoms with Gasteiger partial charge in [-0.05, 0) is 18.5 Å². The van der Waals surface area contributed by atoms with Gasteiger partial charge >= 0.3 is 0 Å². The third kappa shape index (κ3) is 2.74. The van der Waals surface area contributed by atoms with Gasteiger partial charge in [0.1, 0.15) is 10.8 Å². The molecule has 72 valence electrons. The van der Waals surface area contributed by atoms with Crippen LogP contribution in [0.5, 0.6) is 0 Å². The Bertz CT molecular complexity index is 333. The van der Waals surface area contributed by atoms with E-state index in [2.05, 4.69) is 9.97 Å². The maximum absolute atomic E-state index is 5.71. The van der Waals surface area contributed by atoms with E-state index in [1.807, 2.05) is 0 Å². The zero-order chi connectivity index (χ0) is 10.2. The number of rotatable bonds is 0. The smallest absolute Gasteiger partial charge is 0.218 e. The molecule has 13 heavy (non-hydrogen) atoms. The van der Waals surface area contributed by atoms with Crippen LogP contribution in [0.15, 0.2) is 0 Å². The summed E-state index contributed by atoms with van der Waals surface area (Å²) in [5.74, 6) is 0. The zero-order valence-electron chi connectivity index (χ0n) is 6.28. The highest BCUT2D eigenvalue weighted by Gasteiger charge is 2.28. The molecule has 0 unspecified atom stereocenters. The molecule has 0 fully saturated rings. The van der Waals surface area contributed by atoms with E-state index >= 15 is 0 Å². The molecule has 1 rings (SSSR count). The number of nitrogens with zero attached hydrogens (tertiary/aromatic N) is 2. The van der Waals surface area contributed by atoms with Crippen LogP contribution in [-0.2, 0) is 3.79 Å². The van der Waals surface area contributed by atoms with Crippen molar-refractivity contribution in [2.75, 3.05) is 0 Å². The van der Waals surface area contributed by atoms with Gasteiger partial charge in [-0.15, -0.1) is 0 Å². The van der Waals surface area contributed by atoms with Gasteiger partial charge in [0.25, 0.3) is 0 Å². The van der Waals surface area contributed by atoms with Gasteiger partial charge in [-0.2, -0.15) is 0 Å². The minimum Gasteiger partial charge on any atom is -0.218 e. The predicted molar refractivity (Wildman–Crippen MR) is 56.0 cm³/mol. The van der Waals surface area contributed by atoms with E-state index in [1.165, 1.54) is 0 Å². The van der Waals surface area contributed by atoms with Crippen LogP contribution in [0.3, 0.4) is 0 Å². The molecule has 0 aliphatic rings. The van der Waals surface area contributed by atoms with Crippen molar-refractivity contribution < 1.29 is 0 Å². The van der Waals surface area contributed by atoms with Crippen molar-refractivity contribution in [1.29, 1.82) is 0 Å². The summed E-state index contributed by atoms with van der Waals surface area (Å²) >= 11 is 28.2. The number of hydrogen-bond acceptors (Lipinski definition) is 2. The van der Waals surface area contributed by atoms with Crippen molar-refractivity contribution >= 4 is 58.0 Å². The summed E-state index contributed by atoms with van der Waals surface area (Å²) in [4.78, 5) is 7.47. The first-order chi connectivity index (χ1) is 5.82. The summed E-state index contributed by atoms with van der Waals surface area (Å²) in [7, 11) is 0. The van der Waals surface area contributed by atoms with Crippen LogP contribution in [0.4, 0.5) is 0 Å². The highest BCUT2D eigenvalue weighted by molar-refractivity contribution is 6.66. The zero-order valence-corrected chi connectivity index (χ0v) is 10.1. The van der Waals surface area contributed by atoms with Gasteiger partial charge in [-0.3, -0.25) is 0 Å². The fraction of sp³-hybridized carbons (Fsp3) is 0.333. The highest BCUT2D eigenvalue weighted by Crippen LogP contribution is 2.40. The molecule has 0 atom stereocenters. The fourth-order valence-corrected chi connectivity index (χ4v) is 1.67. The molecule has 2 nitrogen and oxygen atoms in total. The minimum atomic E-state index is -1.64. The summed E-state index contributed by atoms with van der Waals surface area (Å²) in [5, 5.41) is 0.137. The van der Waals surface area contributed by atoms with Gasteiger partial charge in [0, 0.05) is 5.56 Å². The van der Waals surface area contributed by atoms with Gasteiger partial charge in [0.15, 0.2) is 0 Å². The summed E-state index contributed by atoms with van der Waals surface area (Å²) in [6, 6.07) is 0. The van der Waals surface area contributed by atoms with Crippen molar-refractivity contribution in [1.82, 2.24) is 9.97 Å². The molecule has 0 aliphatic carbocycles. The summed E-state index contributed by atoms with van der Waals surface area (Å²) < 4.78 is -1.64. The van der Waals surface area contributed by atoms with Gasteiger partial charge in [-0.25, -0.2) is 9.97 Å². The van der Waals surface area contributed by atoms with Crippen molar-refractivity contribution in [3.05, 3.63) is 21.7 Å². The molecule has 0 saturated heterocycles. The Kier molecular flexibility index (Phi) is 3.53. The summed E-state index contributed by atoms with van der Waals surface area (Å²) in [6.45, 7) is 1.65. The number of alkyl halides is 3. The Morgan fingerprint density at radius 2 is 1.62 bits per heavy atom. The van der Waals surface area contributed by atoms with E-state index in [0.29, 0.717) is 5.56 Å². The van der Waals surface area contributed by atoms with Crippen LogP contribution in [0.25, 0.3) is 0 Å². The predicted octanol–water partition coefficient (Wildman–Crippen LogP) is 3.92. The lowest BCUT2D eigenvalue weighted by molar-refractivity contribution is 0.999. The molecular weight excluding hydrogens is 277 g/mol. The third-order valence-electron chi connectivity index (χ3n) is 1.33. The topological polar surface area (TPSA) is 25.8 Å². The van der Waals surface area contributed by atoms with Crippen LogP contribution in [0, 0.1) is 6.92 Å². The van der Waals surface area contributed by atoms with E-state index in [0.717, 1.165) is 0 Å². The van der Waals surface area contributed by atoms with Crippen molar-refractivity contribution in [2.45, 2.75) is 10.7 Å².